The number of fused-ring (bicyclic) bond motifs is 1. The first-order valence-electron chi connectivity index (χ1n) is 7.44. The minimum absolute atomic E-state index is 0.0938. The summed E-state index contributed by atoms with van der Waals surface area (Å²) in [5.41, 5.74) is 7.88. The number of hydrogen-bond acceptors (Lipinski definition) is 2. The molecule has 1 heterocycles. The molecule has 128 valence electrons. The molecule has 4 nitrogen and oxygen atoms in total. The van der Waals surface area contributed by atoms with Gasteiger partial charge in [0.05, 0.1) is 12.1 Å². The summed E-state index contributed by atoms with van der Waals surface area (Å²) in [4.78, 5) is 16.9. The van der Waals surface area contributed by atoms with Crippen molar-refractivity contribution in [2.75, 3.05) is 0 Å². The van der Waals surface area contributed by atoms with E-state index in [0.717, 1.165) is 16.5 Å². The Morgan fingerprint density at radius 1 is 1.04 bits per heavy atom. The van der Waals surface area contributed by atoms with E-state index in [2.05, 4.69) is 4.99 Å². The van der Waals surface area contributed by atoms with Crippen molar-refractivity contribution in [2.45, 2.75) is 10.3 Å². The van der Waals surface area contributed by atoms with Crippen LogP contribution in [0.25, 0.3) is 10.9 Å². The van der Waals surface area contributed by atoms with Gasteiger partial charge in [0.25, 0.3) is 5.91 Å². The van der Waals surface area contributed by atoms with Crippen LogP contribution in [0.1, 0.15) is 15.9 Å². The second kappa shape index (κ2) is 7.08. The van der Waals surface area contributed by atoms with Crippen LogP contribution in [0.4, 0.5) is 0 Å². The Morgan fingerprint density at radius 3 is 2.36 bits per heavy atom. The summed E-state index contributed by atoms with van der Waals surface area (Å²) in [5.74, 6) is -0.218. The molecule has 2 N–H and O–H groups in total. The molecule has 0 aliphatic heterocycles. The largest absolute Gasteiger partial charge is 0.384 e. The van der Waals surface area contributed by atoms with Gasteiger partial charge in [-0.15, -0.1) is 0 Å². The van der Waals surface area contributed by atoms with Gasteiger partial charge in [0.15, 0.2) is 0 Å². The van der Waals surface area contributed by atoms with Gasteiger partial charge in [-0.25, -0.2) is 0 Å². The van der Waals surface area contributed by atoms with Gasteiger partial charge in [-0.05, 0) is 23.8 Å². The van der Waals surface area contributed by atoms with Crippen molar-refractivity contribution >= 4 is 57.4 Å². The van der Waals surface area contributed by atoms with E-state index in [1.54, 1.807) is 22.9 Å². The highest BCUT2D eigenvalue weighted by Gasteiger charge is 2.25. The third-order valence-corrected chi connectivity index (χ3v) is 4.33. The predicted molar refractivity (Wildman–Crippen MR) is 104 cm³/mol. The number of carbonyl (C=O) groups is 1. The highest BCUT2D eigenvalue weighted by molar-refractivity contribution is 6.76. The van der Waals surface area contributed by atoms with Crippen LogP contribution in [-0.4, -0.2) is 20.1 Å². The van der Waals surface area contributed by atoms with E-state index in [-0.39, 0.29) is 18.3 Å². The molecule has 1 aromatic heterocycles. The standard InChI is InChI=1S/C18H14Cl3N3O/c19-18(20,21)17(22)23-10-13-11-24(15-9-5-4-8-14(13)15)16(25)12-6-2-1-3-7-12/h1-9,11H,10H2,(H2,22,23). The second-order valence-corrected chi connectivity index (χ2v) is 7.69. The van der Waals surface area contributed by atoms with Gasteiger partial charge in [0.2, 0.25) is 3.79 Å². The molecular formula is C18H14Cl3N3O. The van der Waals surface area contributed by atoms with Crippen LogP contribution >= 0.6 is 34.8 Å². The number of alkyl halides is 3. The topological polar surface area (TPSA) is 60.4 Å². The maximum Gasteiger partial charge on any atom is 0.262 e. The van der Waals surface area contributed by atoms with E-state index < -0.39 is 3.79 Å². The summed E-state index contributed by atoms with van der Waals surface area (Å²) in [6, 6.07) is 16.6. The maximum atomic E-state index is 12.8. The van der Waals surface area contributed by atoms with Crippen molar-refractivity contribution in [2.24, 2.45) is 10.7 Å². The summed E-state index contributed by atoms with van der Waals surface area (Å²) in [5, 5.41) is 0.896. The van der Waals surface area contributed by atoms with E-state index in [1.165, 1.54) is 0 Å². The molecule has 0 saturated carbocycles. The highest BCUT2D eigenvalue weighted by Crippen LogP contribution is 2.27. The van der Waals surface area contributed by atoms with E-state index in [0.29, 0.717) is 5.56 Å². The van der Waals surface area contributed by atoms with Crippen LogP contribution in [0, 0.1) is 0 Å². The molecule has 0 saturated heterocycles. The summed E-state index contributed by atoms with van der Waals surface area (Å²) < 4.78 is -0.153. The Kier molecular flexibility index (Phi) is 5.04. The number of amidine groups is 1. The van der Waals surface area contributed by atoms with Crippen LogP contribution in [-0.2, 0) is 6.54 Å². The molecule has 0 atom stereocenters. The molecule has 0 amide bonds. The second-order valence-electron chi connectivity index (χ2n) is 5.41. The number of aliphatic imine (C=N–C) groups is 1. The molecule has 0 bridgehead atoms. The first-order chi connectivity index (χ1) is 11.9. The lowest BCUT2D eigenvalue weighted by Crippen LogP contribution is -2.28. The number of nitrogens with zero attached hydrogens (tertiary/aromatic N) is 2. The Hall–Kier alpha value is -2.01. The Balaban J connectivity index is 2.03. The lowest BCUT2D eigenvalue weighted by atomic mass is 10.2. The maximum absolute atomic E-state index is 12.8. The zero-order valence-electron chi connectivity index (χ0n) is 13.0. The van der Waals surface area contributed by atoms with Crippen LogP contribution in [0.15, 0.2) is 65.8 Å². The number of carbonyl (C=O) groups excluding carboxylic acids is 1. The molecule has 3 aromatic rings. The summed E-state index contributed by atoms with van der Waals surface area (Å²) in [6.07, 6.45) is 1.75. The normalized spacial score (nSPS) is 12.5. The fraction of sp³-hybridized carbons (Fsp3) is 0.111. The molecule has 25 heavy (non-hydrogen) atoms. The van der Waals surface area contributed by atoms with E-state index in [9.17, 15) is 4.79 Å². The average Bonchev–Trinajstić information content (AvgIpc) is 2.98. The van der Waals surface area contributed by atoms with Gasteiger partial charge >= 0.3 is 0 Å². The molecule has 7 heteroatoms. The van der Waals surface area contributed by atoms with Crippen molar-refractivity contribution in [3.05, 3.63) is 71.9 Å². The van der Waals surface area contributed by atoms with E-state index in [4.69, 9.17) is 40.5 Å². The predicted octanol–water partition coefficient (Wildman–Crippen LogP) is 4.56. The van der Waals surface area contributed by atoms with Gasteiger partial charge in [0.1, 0.15) is 5.84 Å². The van der Waals surface area contributed by atoms with Gasteiger partial charge < -0.3 is 5.73 Å². The van der Waals surface area contributed by atoms with Crippen molar-refractivity contribution in [3.63, 3.8) is 0 Å². The fourth-order valence-corrected chi connectivity index (χ4v) is 2.70. The molecule has 0 unspecified atom stereocenters. The van der Waals surface area contributed by atoms with Crippen LogP contribution < -0.4 is 5.73 Å². The average molecular weight is 395 g/mol. The van der Waals surface area contributed by atoms with Crippen molar-refractivity contribution in [1.29, 1.82) is 0 Å². The number of para-hydroxylation sites is 1. The smallest absolute Gasteiger partial charge is 0.262 e. The number of rotatable bonds is 3. The third kappa shape index (κ3) is 3.82. The fourth-order valence-electron chi connectivity index (χ4n) is 2.52. The van der Waals surface area contributed by atoms with Crippen molar-refractivity contribution < 1.29 is 4.79 Å². The monoisotopic (exact) mass is 393 g/mol. The van der Waals surface area contributed by atoms with Crippen molar-refractivity contribution in [3.8, 4) is 0 Å². The van der Waals surface area contributed by atoms with Gasteiger partial charge in [0, 0.05) is 17.1 Å². The zero-order chi connectivity index (χ0) is 18.0. The summed E-state index contributed by atoms with van der Waals surface area (Å²) in [6.45, 7) is 0.204. The number of halogens is 3. The Morgan fingerprint density at radius 2 is 1.68 bits per heavy atom. The summed E-state index contributed by atoms with van der Waals surface area (Å²) >= 11 is 17.2. The minimum Gasteiger partial charge on any atom is -0.384 e. The molecule has 3 rings (SSSR count). The highest BCUT2D eigenvalue weighted by atomic mass is 35.6. The first kappa shape index (κ1) is 17.8. The Labute approximate surface area is 159 Å². The molecule has 2 aromatic carbocycles. The molecule has 0 spiro atoms. The Bertz CT molecular complexity index is 943. The quantitative estimate of drug-likeness (QED) is 0.402. The third-order valence-electron chi connectivity index (χ3n) is 3.74. The summed E-state index contributed by atoms with van der Waals surface area (Å²) in [7, 11) is 0. The molecule has 0 aliphatic rings. The zero-order valence-corrected chi connectivity index (χ0v) is 15.3. The van der Waals surface area contributed by atoms with E-state index in [1.807, 2.05) is 42.5 Å². The molecule has 0 radical (unpaired) electrons. The van der Waals surface area contributed by atoms with Gasteiger partial charge in [-0.2, -0.15) is 0 Å². The van der Waals surface area contributed by atoms with Gasteiger partial charge in [-0.3, -0.25) is 14.4 Å². The number of hydrogen-bond donors (Lipinski definition) is 1. The molecule has 0 fully saturated rings. The SMILES string of the molecule is NC(=NCc1cn(C(=O)c2ccccc2)c2ccccc12)C(Cl)(Cl)Cl. The number of benzene rings is 2. The molecular weight excluding hydrogens is 381 g/mol. The minimum atomic E-state index is -1.75. The lowest BCUT2D eigenvalue weighted by Gasteiger charge is -2.09. The number of nitrogens with two attached hydrogens (primary N) is 1. The van der Waals surface area contributed by atoms with Gasteiger partial charge in [-0.1, -0.05) is 71.2 Å². The first-order valence-corrected chi connectivity index (χ1v) is 8.57. The van der Waals surface area contributed by atoms with Crippen LogP contribution in [0.3, 0.4) is 0 Å². The van der Waals surface area contributed by atoms with Crippen molar-refractivity contribution in [1.82, 2.24) is 4.57 Å². The van der Waals surface area contributed by atoms with Crippen LogP contribution in [0.5, 0.6) is 0 Å². The van der Waals surface area contributed by atoms with Crippen LogP contribution in [0.2, 0.25) is 0 Å². The molecule has 0 aliphatic carbocycles. The van der Waals surface area contributed by atoms with E-state index >= 15 is 0 Å². The number of aromatic nitrogens is 1. The lowest BCUT2D eigenvalue weighted by molar-refractivity contribution is 0.0965.